The molecule has 3 rings (SSSR count). The molecule has 2 N–H and O–H groups in total. The highest BCUT2D eigenvalue weighted by molar-refractivity contribution is 5.80. The van der Waals surface area contributed by atoms with Gasteiger partial charge in [0.05, 0.1) is 18.3 Å². The molecule has 0 saturated carbocycles. The highest BCUT2D eigenvalue weighted by Crippen LogP contribution is 2.35. The summed E-state index contributed by atoms with van der Waals surface area (Å²) in [5, 5.41) is 11.9. The fraction of sp³-hybridized carbons (Fsp3) is 0.429. The van der Waals surface area contributed by atoms with Gasteiger partial charge in [0.1, 0.15) is 0 Å². The number of fused-ring (bicyclic) bond motifs is 1. The number of H-pyrrole nitrogens is 1. The predicted octanol–water partition coefficient (Wildman–Crippen LogP) is 2.55. The predicted molar refractivity (Wildman–Crippen MR) is 66.8 cm³/mol. The van der Waals surface area contributed by atoms with E-state index >= 15 is 0 Å². The van der Waals surface area contributed by atoms with Gasteiger partial charge in [-0.2, -0.15) is 0 Å². The third-order valence-corrected chi connectivity index (χ3v) is 3.63. The van der Waals surface area contributed by atoms with Crippen molar-refractivity contribution in [1.82, 2.24) is 4.98 Å². The van der Waals surface area contributed by atoms with E-state index in [0.29, 0.717) is 19.4 Å². The Morgan fingerprint density at radius 3 is 3.12 bits per heavy atom. The second kappa shape index (κ2) is 3.86. The molecule has 0 spiro atoms. The summed E-state index contributed by atoms with van der Waals surface area (Å²) in [5.41, 5.74) is 1.38. The van der Waals surface area contributed by atoms with Crippen molar-refractivity contribution in [3.05, 3.63) is 36.0 Å². The maximum absolute atomic E-state index is 10.7. The van der Waals surface area contributed by atoms with Crippen LogP contribution in [-0.2, 0) is 10.3 Å². The van der Waals surface area contributed by atoms with E-state index in [4.69, 9.17) is 4.74 Å². The molecule has 0 radical (unpaired) electrons. The molecule has 0 aliphatic carbocycles. The van der Waals surface area contributed by atoms with E-state index in [1.54, 1.807) is 0 Å². The Labute approximate surface area is 100 Å². The van der Waals surface area contributed by atoms with Gasteiger partial charge in [-0.05, 0) is 36.1 Å². The van der Waals surface area contributed by atoms with Gasteiger partial charge in [0.2, 0.25) is 0 Å². The van der Waals surface area contributed by atoms with Crippen LogP contribution < -0.4 is 0 Å². The number of hydrogen-bond donors (Lipinski definition) is 2. The monoisotopic (exact) mass is 231 g/mol. The van der Waals surface area contributed by atoms with Crippen LogP contribution in [0.5, 0.6) is 0 Å². The molecule has 1 aliphatic rings. The Kier molecular flexibility index (Phi) is 2.45. The maximum atomic E-state index is 10.7. The molecule has 90 valence electrons. The second-order valence-corrected chi connectivity index (χ2v) is 4.95. The average molecular weight is 231 g/mol. The molecule has 1 saturated heterocycles. The van der Waals surface area contributed by atoms with Crippen LogP contribution >= 0.6 is 0 Å². The SMILES string of the molecule is CC1CC(O)(c2ccc3[nH]ccc3c2)CCO1. The van der Waals surface area contributed by atoms with Crippen LogP contribution in [0.4, 0.5) is 0 Å². The lowest BCUT2D eigenvalue weighted by molar-refractivity contribution is -0.101. The van der Waals surface area contributed by atoms with Gasteiger partial charge in [-0.1, -0.05) is 6.07 Å². The fourth-order valence-electron chi connectivity index (χ4n) is 2.67. The first-order valence-electron chi connectivity index (χ1n) is 6.09. The van der Waals surface area contributed by atoms with Gasteiger partial charge in [-0.15, -0.1) is 0 Å². The number of ether oxygens (including phenoxy) is 1. The molecule has 1 fully saturated rings. The Hall–Kier alpha value is -1.32. The van der Waals surface area contributed by atoms with Gasteiger partial charge in [0, 0.05) is 24.6 Å². The van der Waals surface area contributed by atoms with E-state index in [9.17, 15) is 5.11 Å². The molecule has 1 aliphatic heterocycles. The Morgan fingerprint density at radius 2 is 2.29 bits per heavy atom. The van der Waals surface area contributed by atoms with Crippen LogP contribution in [0.15, 0.2) is 30.5 Å². The largest absolute Gasteiger partial charge is 0.385 e. The van der Waals surface area contributed by atoms with Crippen LogP contribution in [-0.4, -0.2) is 22.8 Å². The van der Waals surface area contributed by atoms with E-state index in [1.165, 1.54) is 0 Å². The normalized spacial score (nSPS) is 29.6. The summed E-state index contributed by atoms with van der Waals surface area (Å²) in [4.78, 5) is 3.16. The van der Waals surface area contributed by atoms with Crippen LogP contribution in [0.3, 0.4) is 0 Å². The maximum Gasteiger partial charge on any atom is 0.0943 e. The lowest BCUT2D eigenvalue weighted by Gasteiger charge is -2.36. The Balaban J connectivity index is 2.01. The third kappa shape index (κ3) is 1.85. The molecule has 0 bridgehead atoms. The van der Waals surface area contributed by atoms with Crippen molar-refractivity contribution in [3.8, 4) is 0 Å². The summed E-state index contributed by atoms with van der Waals surface area (Å²) in [6.07, 6.45) is 3.39. The van der Waals surface area contributed by atoms with E-state index < -0.39 is 5.60 Å². The van der Waals surface area contributed by atoms with Crippen LogP contribution in [0.1, 0.15) is 25.3 Å². The molecular formula is C14H17NO2. The highest BCUT2D eigenvalue weighted by Gasteiger charge is 2.35. The molecule has 2 heterocycles. The number of aromatic amines is 1. The van der Waals surface area contributed by atoms with E-state index in [-0.39, 0.29) is 6.10 Å². The summed E-state index contributed by atoms with van der Waals surface area (Å²) in [6.45, 7) is 2.64. The number of hydrogen-bond acceptors (Lipinski definition) is 2. The molecular weight excluding hydrogens is 214 g/mol. The molecule has 17 heavy (non-hydrogen) atoms. The summed E-state index contributed by atoms with van der Waals surface area (Å²) in [5.74, 6) is 0. The molecule has 0 amide bonds. The minimum atomic E-state index is -0.733. The topological polar surface area (TPSA) is 45.2 Å². The fourth-order valence-corrected chi connectivity index (χ4v) is 2.67. The number of rotatable bonds is 1. The van der Waals surface area contributed by atoms with Crippen molar-refractivity contribution in [2.75, 3.05) is 6.61 Å². The van der Waals surface area contributed by atoms with Crippen LogP contribution in [0.2, 0.25) is 0 Å². The van der Waals surface area contributed by atoms with Gasteiger partial charge in [-0.25, -0.2) is 0 Å². The molecule has 2 unspecified atom stereocenters. The smallest absolute Gasteiger partial charge is 0.0943 e. The Morgan fingerprint density at radius 1 is 1.41 bits per heavy atom. The Bertz CT molecular complexity index is 534. The van der Waals surface area contributed by atoms with Gasteiger partial charge < -0.3 is 14.8 Å². The first-order chi connectivity index (χ1) is 8.17. The van der Waals surface area contributed by atoms with E-state index in [1.807, 2.05) is 31.3 Å². The van der Waals surface area contributed by atoms with Crippen molar-refractivity contribution in [2.24, 2.45) is 0 Å². The number of benzene rings is 1. The van der Waals surface area contributed by atoms with Crippen molar-refractivity contribution in [2.45, 2.75) is 31.5 Å². The van der Waals surface area contributed by atoms with Crippen molar-refractivity contribution < 1.29 is 9.84 Å². The van der Waals surface area contributed by atoms with Gasteiger partial charge in [0.15, 0.2) is 0 Å². The number of nitrogens with one attached hydrogen (secondary N) is 1. The van der Waals surface area contributed by atoms with Gasteiger partial charge in [-0.3, -0.25) is 0 Å². The van der Waals surface area contributed by atoms with Crippen LogP contribution in [0.25, 0.3) is 10.9 Å². The van der Waals surface area contributed by atoms with E-state index in [2.05, 4.69) is 11.1 Å². The molecule has 2 atom stereocenters. The average Bonchev–Trinajstić information content (AvgIpc) is 2.75. The van der Waals surface area contributed by atoms with Crippen molar-refractivity contribution in [1.29, 1.82) is 0 Å². The lowest BCUT2D eigenvalue weighted by Crippen LogP contribution is -2.37. The minimum absolute atomic E-state index is 0.121. The van der Waals surface area contributed by atoms with E-state index in [0.717, 1.165) is 16.5 Å². The molecule has 3 nitrogen and oxygen atoms in total. The zero-order valence-corrected chi connectivity index (χ0v) is 9.94. The first-order valence-corrected chi connectivity index (χ1v) is 6.09. The summed E-state index contributed by atoms with van der Waals surface area (Å²) >= 11 is 0. The second-order valence-electron chi connectivity index (χ2n) is 4.95. The molecule has 3 heteroatoms. The molecule has 2 aromatic rings. The van der Waals surface area contributed by atoms with Crippen LogP contribution in [0, 0.1) is 0 Å². The summed E-state index contributed by atoms with van der Waals surface area (Å²) < 4.78 is 5.50. The van der Waals surface area contributed by atoms with Crippen molar-refractivity contribution >= 4 is 10.9 Å². The molecule has 1 aromatic heterocycles. The highest BCUT2D eigenvalue weighted by atomic mass is 16.5. The zero-order valence-electron chi connectivity index (χ0n) is 9.94. The van der Waals surface area contributed by atoms with Gasteiger partial charge in [0.25, 0.3) is 0 Å². The zero-order chi connectivity index (χ0) is 11.9. The summed E-state index contributed by atoms with van der Waals surface area (Å²) in [7, 11) is 0. The van der Waals surface area contributed by atoms with Crippen molar-refractivity contribution in [3.63, 3.8) is 0 Å². The third-order valence-electron chi connectivity index (χ3n) is 3.63. The minimum Gasteiger partial charge on any atom is -0.385 e. The summed E-state index contributed by atoms with van der Waals surface area (Å²) in [6, 6.07) is 8.15. The number of aliphatic hydroxyl groups is 1. The quantitative estimate of drug-likeness (QED) is 0.792. The first kappa shape index (κ1) is 10.8. The van der Waals surface area contributed by atoms with Gasteiger partial charge >= 0.3 is 0 Å². The standard InChI is InChI=1S/C14H17NO2/c1-10-9-14(16,5-7-17-10)12-2-3-13-11(8-12)4-6-15-13/h2-4,6,8,10,15-16H,5,7,9H2,1H3. The number of aromatic nitrogens is 1. The lowest BCUT2D eigenvalue weighted by atomic mass is 9.83. The molecule has 1 aromatic carbocycles.